The second-order valence-corrected chi connectivity index (χ2v) is 5.53. The Bertz CT molecular complexity index is 627. The summed E-state index contributed by atoms with van der Waals surface area (Å²) in [6, 6.07) is 8.09. The number of aromatic nitrogens is 2. The molecule has 1 atom stereocenters. The first-order chi connectivity index (χ1) is 10.3. The molecule has 4 nitrogen and oxygen atoms in total. The van der Waals surface area contributed by atoms with Crippen molar-refractivity contribution in [2.45, 2.75) is 38.1 Å². The van der Waals surface area contributed by atoms with Gasteiger partial charge < -0.3 is 10.5 Å². The summed E-state index contributed by atoms with van der Waals surface area (Å²) in [5.41, 5.74) is 9.55. The molecule has 1 aliphatic rings. The van der Waals surface area contributed by atoms with Crippen LogP contribution >= 0.6 is 0 Å². The van der Waals surface area contributed by atoms with E-state index >= 15 is 0 Å². The minimum absolute atomic E-state index is 0.0859. The lowest BCUT2D eigenvalue weighted by Crippen LogP contribution is -2.13. The van der Waals surface area contributed by atoms with Crippen LogP contribution in [0.15, 0.2) is 30.5 Å². The van der Waals surface area contributed by atoms with Crippen LogP contribution in [0, 0.1) is 0 Å². The van der Waals surface area contributed by atoms with E-state index in [1.54, 1.807) is 7.11 Å². The van der Waals surface area contributed by atoms with Gasteiger partial charge in [0.25, 0.3) is 0 Å². The highest BCUT2D eigenvalue weighted by Crippen LogP contribution is 2.26. The molecule has 110 valence electrons. The lowest BCUT2D eigenvalue weighted by molar-refractivity contribution is 0.410. The number of para-hydroxylation sites is 1. The van der Waals surface area contributed by atoms with Crippen LogP contribution in [0.25, 0.3) is 0 Å². The Morgan fingerprint density at radius 3 is 3.00 bits per heavy atom. The molecule has 0 fully saturated rings. The number of rotatable bonds is 3. The lowest BCUT2D eigenvalue weighted by atomic mass is 10.1. The van der Waals surface area contributed by atoms with Crippen LogP contribution in [0.5, 0.6) is 5.75 Å². The third kappa shape index (κ3) is 3.05. The zero-order valence-corrected chi connectivity index (χ0v) is 12.4. The molecule has 0 saturated carbocycles. The molecule has 0 spiro atoms. The van der Waals surface area contributed by atoms with Gasteiger partial charge in [-0.05, 0) is 25.3 Å². The van der Waals surface area contributed by atoms with Gasteiger partial charge in [-0.15, -0.1) is 0 Å². The minimum Gasteiger partial charge on any atom is -0.496 e. The van der Waals surface area contributed by atoms with E-state index in [4.69, 9.17) is 15.5 Å². The van der Waals surface area contributed by atoms with E-state index in [1.807, 2.05) is 24.4 Å². The molecule has 3 rings (SSSR count). The second kappa shape index (κ2) is 6.22. The van der Waals surface area contributed by atoms with Crippen LogP contribution in [-0.2, 0) is 12.8 Å². The fourth-order valence-corrected chi connectivity index (χ4v) is 2.89. The van der Waals surface area contributed by atoms with Crippen molar-refractivity contribution in [1.82, 2.24) is 9.97 Å². The first-order valence-electron chi connectivity index (χ1n) is 7.50. The Kier molecular flexibility index (Phi) is 4.15. The molecule has 1 unspecified atom stereocenters. The van der Waals surface area contributed by atoms with Gasteiger partial charge in [0.2, 0.25) is 0 Å². The molecule has 0 bridgehead atoms. The van der Waals surface area contributed by atoms with Gasteiger partial charge in [0, 0.05) is 35.5 Å². The number of hydrogen-bond donors (Lipinski definition) is 1. The highest BCUT2D eigenvalue weighted by molar-refractivity contribution is 5.35. The highest BCUT2D eigenvalue weighted by atomic mass is 16.5. The standard InChI is InChI=1S/C17H21N3O/c1-21-16-9-5-2-6-12(16)10-17-19-11-13-14(18)7-3-4-8-15(13)20-17/h2,5-6,9,11,14H,3-4,7-8,10,18H2,1H3. The molecule has 2 N–H and O–H groups in total. The largest absolute Gasteiger partial charge is 0.496 e. The number of ether oxygens (including phenoxy) is 1. The molecule has 4 heteroatoms. The molecular weight excluding hydrogens is 262 g/mol. The number of benzene rings is 1. The summed E-state index contributed by atoms with van der Waals surface area (Å²) in [6.45, 7) is 0. The van der Waals surface area contributed by atoms with Crippen molar-refractivity contribution < 1.29 is 4.74 Å². The summed E-state index contributed by atoms with van der Waals surface area (Å²) in [6.07, 6.45) is 6.97. The number of aryl methyl sites for hydroxylation is 1. The van der Waals surface area contributed by atoms with Gasteiger partial charge in [-0.3, -0.25) is 0 Å². The van der Waals surface area contributed by atoms with Crippen molar-refractivity contribution >= 4 is 0 Å². The van der Waals surface area contributed by atoms with Gasteiger partial charge in [-0.25, -0.2) is 9.97 Å². The zero-order chi connectivity index (χ0) is 14.7. The Balaban J connectivity index is 1.88. The van der Waals surface area contributed by atoms with E-state index in [0.717, 1.165) is 47.7 Å². The molecular formula is C17H21N3O. The first-order valence-corrected chi connectivity index (χ1v) is 7.50. The summed E-state index contributed by atoms with van der Waals surface area (Å²) in [4.78, 5) is 9.26. The van der Waals surface area contributed by atoms with Gasteiger partial charge in [0.05, 0.1) is 7.11 Å². The molecule has 21 heavy (non-hydrogen) atoms. The van der Waals surface area contributed by atoms with E-state index in [-0.39, 0.29) is 6.04 Å². The zero-order valence-electron chi connectivity index (χ0n) is 12.4. The smallest absolute Gasteiger partial charge is 0.133 e. The van der Waals surface area contributed by atoms with E-state index in [1.165, 1.54) is 6.42 Å². The van der Waals surface area contributed by atoms with Gasteiger partial charge in [-0.1, -0.05) is 24.6 Å². The monoisotopic (exact) mass is 283 g/mol. The van der Waals surface area contributed by atoms with Crippen molar-refractivity contribution in [1.29, 1.82) is 0 Å². The quantitative estimate of drug-likeness (QED) is 0.880. The molecule has 0 amide bonds. The van der Waals surface area contributed by atoms with Crippen molar-refractivity contribution in [2.24, 2.45) is 5.73 Å². The average Bonchev–Trinajstić information content (AvgIpc) is 2.69. The summed E-state index contributed by atoms with van der Waals surface area (Å²) >= 11 is 0. The Labute approximate surface area is 125 Å². The Morgan fingerprint density at radius 1 is 1.29 bits per heavy atom. The maximum Gasteiger partial charge on any atom is 0.133 e. The lowest BCUT2D eigenvalue weighted by Gasteiger charge is -2.13. The van der Waals surface area contributed by atoms with E-state index < -0.39 is 0 Å². The van der Waals surface area contributed by atoms with Crippen LogP contribution in [0.3, 0.4) is 0 Å². The maximum absolute atomic E-state index is 6.19. The van der Waals surface area contributed by atoms with Gasteiger partial charge in [-0.2, -0.15) is 0 Å². The SMILES string of the molecule is COc1ccccc1Cc1ncc2c(n1)CCCCC2N. The predicted octanol–water partition coefficient (Wildman–Crippen LogP) is 2.80. The highest BCUT2D eigenvalue weighted by Gasteiger charge is 2.17. The fraction of sp³-hybridized carbons (Fsp3) is 0.412. The number of methoxy groups -OCH3 is 1. The first kappa shape index (κ1) is 14.0. The second-order valence-electron chi connectivity index (χ2n) is 5.53. The molecule has 1 aromatic carbocycles. The van der Waals surface area contributed by atoms with Crippen LogP contribution in [0.1, 0.15) is 47.9 Å². The maximum atomic E-state index is 6.19. The number of fused-ring (bicyclic) bond motifs is 1. The number of nitrogens with two attached hydrogens (primary N) is 1. The van der Waals surface area contributed by atoms with Crippen molar-refractivity contribution in [3.63, 3.8) is 0 Å². The molecule has 1 aliphatic carbocycles. The van der Waals surface area contributed by atoms with Crippen LogP contribution in [-0.4, -0.2) is 17.1 Å². The third-order valence-corrected chi connectivity index (χ3v) is 4.07. The normalized spacial score (nSPS) is 17.9. The summed E-state index contributed by atoms with van der Waals surface area (Å²) in [5, 5.41) is 0. The summed E-state index contributed by atoms with van der Waals surface area (Å²) in [7, 11) is 1.69. The van der Waals surface area contributed by atoms with Crippen molar-refractivity contribution in [3.05, 3.63) is 53.1 Å². The minimum atomic E-state index is 0.0859. The van der Waals surface area contributed by atoms with Crippen LogP contribution in [0.4, 0.5) is 0 Å². The van der Waals surface area contributed by atoms with Crippen molar-refractivity contribution in [3.8, 4) is 5.75 Å². The molecule has 1 heterocycles. The third-order valence-electron chi connectivity index (χ3n) is 4.07. The molecule has 0 aliphatic heterocycles. The Hall–Kier alpha value is -1.94. The van der Waals surface area contributed by atoms with Gasteiger partial charge in [0.1, 0.15) is 11.6 Å². The predicted molar refractivity (Wildman–Crippen MR) is 82.3 cm³/mol. The van der Waals surface area contributed by atoms with E-state index in [2.05, 4.69) is 11.1 Å². The topological polar surface area (TPSA) is 61.0 Å². The van der Waals surface area contributed by atoms with Crippen molar-refractivity contribution in [2.75, 3.05) is 7.11 Å². The molecule has 0 radical (unpaired) electrons. The Morgan fingerprint density at radius 2 is 2.14 bits per heavy atom. The average molecular weight is 283 g/mol. The van der Waals surface area contributed by atoms with Gasteiger partial charge in [0.15, 0.2) is 0 Å². The summed E-state index contributed by atoms with van der Waals surface area (Å²) in [5.74, 6) is 1.72. The number of nitrogens with zero attached hydrogens (tertiary/aromatic N) is 2. The van der Waals surface area contributed by atoms with E-state index in [0.29, 0.717) is 6.42 Å². The van der Waals surface area contributed by atoms with Crippen LogP contribution < -0.4 is 10.5 Å². The summed E-state index contributed by atoms with van der Waals surface area (Å²) < 4.78 is 5.39. The fourth-order valence-electron chi connectivity index (χ4n) is 2.89. The number of hydrogen-bond acceptors (Lipinski definition) is 4. The molecule has 1 aromatic heterocycles. The van der Waals surface area contributed by atoms with Gasteiger partial charge >= 0.3 is 0 Å². The molecule has 0 saturated heterocycles. The van der Waals surface area contributed by atoms with Crippen LogP contribution in [0.2, 0.25) is 0 Å². The van der Waals surface area contributed by atoms with E-state index in [9.17, 15) is 0 Å². The molecule has 2 aromatic rings.